The van der Waals surface area contributed by atoms with Gasteiger partial charge in [0.1, 0.15) is 5.78 Å². The van der Waals surface area contributed by atoms with Gasteiger partial charge < -0.3 is 4.89 Å². The van der Waals surface area contributed by atoms with E-state index in [-0.39, 0.29) is 18.5 Å². The average Bonchev–Trinajstić information content (AvgIpc) is 2.75. The minimum atomic E-state index is -3.98. The smallest absolute Gasteiger partial charge is 0.302 e. The number of unbranched alkanes of at least 4 members (excludes halogenated alkanes) is 2. The quantitative estimate of drug-likeness (QED) is 0.243. The predicted molar refractivity (Wildman–Crippen MR) is 129 cm³/mol. The number of Topliss-reactive ketones (excluding diaryl/α,β-unsaturated/α-hetero) is 1. The standard InChI is InChI=1S/C26H31O5P/c1-20(2)31-32(28,29)30-18-10-4-7-14-24(27)19-23-17-16-21-11-8-9-15-25(21)26(23)22-12-5-3-6-13-22/h3,5-6,8-9,11-13,15-17,20H,4,7,10,14,18-19H2,1-2H3,(H,28,29). The number of fused-ring (bicyclic) bond motifs is 1. The van der Waals surface area contributed by atoms with Crippen molar-refractivity contribution in [2.75, 3.05) is 6.61 Å². The summed E-state index contributed by atoms with van der Waals surface area (Å²) in [4.78, 5) is 22.3. The van der Waals surface area contributed by atoms with Gasteiger partial charge in [-0.15, -0.1) is 0 Å². The van der Waals surface area contributed by atoms with Gasteiger partial charge in [-0.1, -0.05) is 73.2 Å². The molecule has 0 fully saturated rings. The lowest BCUT2D eigenvalue weighted by atomic mass is 9.90. The minimum Gasteiger partial charge on any atom is -0.302 e. The van der Waals surface area contributed by atoms with E-state index in [4.69, 9.17) is 9.05 Å². The van der Waals surface area contributed by atoms with E-state index in [1.807, 2.05) is 30.3 Å². The van der Waals surface area contributed by atoms with Crippen molar-refractivity contribution in [2.24, 2.45) is 0 Å². The molecule has 0 saturated heterocycles. The summed E-state index contributed by atoms with van der Waals surface area (Å²) >= 11 is 0. The van der Waals surface area contributed by atoms with Crippen molar-refractivity contribution >= 4 is 24.4 Å². The Labute approximate surface area is 190 Å². The van der Waals surface area contributed by atoms with Crippen molar-refractivity contribution in [3.63, 3.8) is 0 Å². The first kappa shape index (κ1) is 24.3. The van der Waals surface area contributed by atoms with Gasteiger partial charge in [-0.3, -0.25) is 13.8 Å². The molecule has 0 radical (unpaired) electrons. The van der Waals surface area contributed by atoms with Gasteiger partial charge in [0, 0.05) is 12.8 Å². The van der Waals surface area contributed by atoms with E-state index >= 15 is 0 Å². The van der Waals surface area contributed by atoms with Crippen LogP contribution < -0.4 is 0 Å². The van der Waals surface area contributed by atoms with Crippen LogP contribution in [0.2, 0.25) is 0 Å². The Morgan fingerprint density at radius 2 is 1.66 bits per heavy atom. The number of rotatable bonds is 12. The van der Waals surface area contributed by atoms with E-state index < -0.39 is 7.82 Å². The van der Waals surface area contributed by atoms with Gasteiger partial charge in [-0.05, 0) is 54.2 Å². The fourth-order valence-corrected chi connectivity index (χ4v) is 4.74. The molecule has 32 heavy (non-hydrogen) atoms. The Morgan fingerprint density at radius 1 is 0.938 bits per heavy atom. The zero-order valence-electron chi connectivity index (χ0n) is 18.7. The van der Waals surface area contributed by atoms with Crippen molar-refractivity contribution in [3.8, 4) is 11.1 Å². The van der Waals surface area contributed by atoms with Crippen LogP contribution >= 0.6 is 7.82 Å². The molecule has 0 aliphatic rings. The second kappa shape index (κ2) is 11.5. The molecule has 0 heterocycles. The first-order valence-corrected chi connectivity index (χ1v) is 12.6. The lowest BCUT2D eigenvalue weighted by molar-refractivity contribution is -0.118. The molecular weight excluding hydrogens is 423 g/mol. The maximum atomic E-state index is 12.7. The third-order valence-electron chi connectivity index (χ3n) is 5.16. The van der Waals surface area contributed by atoms with Crippen LogP contribution in [0.15, 0.2) is 66.7 Å². The normalized spacial score (nSPS) is 13.4. The highest BCUT2D eigenvalue weighted by molar-refractivity contribution is 7.47. The van der Waals surface area contributed by atoms with Crippen LogP contribution in [0, 0.1) is 0 Å². The van der Waals surface area contributed by atoms with Gasteiger partial charge >= 0.3 is 7.82 Å². The van der Waals surface area contributed by atoms with Crippen molar-refractivity contribution in [1.29, 1.82) is 0 Å². The van der Waals surface area contributed by atoms with E-state index in [0.717, 1.165) is 40.3 Å². The van der Waals surface area contributed by atoms with Crippen molar-refractivity contribution < 1.29 is 23.3 Å². The number of ketones is 1. The van der Waals surface area contributed by atoms with E-state index in [0.29, 0.717) is 19.3 Å². The maximum absolute atomic E-state index is 12.7. The van der Waals surface area contributed by atoms with Gasteiger partial charge in [-0.2, -0.15) is 0 Å². The third-order valence-corrected chi connectivity index (χ3v) is 6.36. The minimum absolute atomic E-state index is 0.136. The highest BCUT2D eigenvalue weighted by Crippen LogP contribution is 2.44. The zero-order valence-corrected chi connectivity index (χ0v) is 19.6. The molecule has 0 spiro atoms. The second-order valence-corrected chi connectivity index (χ2v) is 9.58. The Morgan fingerprint density at radius 3 is 2.41 bits per heavy atom. The first-order chi connectivity index (χ1) is 15.4. The number of phosphoric ester groups is 1. The van der Waals surface area contributed by atoms with Crippen molar-refractivity contribution in [2.45, 2.75) is 52.1 Å². The lowest BCUT2D eigenvalue weighted by Gasteiger charge is -2.14. The van der Waals surface area contributed by atoms with Crippen LogP contribution in [0.25, 0.3) is 21.9 Å². The molecule has 0 saturated carbocycles. The summed E-state index contributed by atoms with van der Waals surface area (Å²) in [6.45, 7) is 3.49. The fraction of sp³-hybridized carbons (Fsp3) is 0.346. The van der Waals surface area contributed by atoms with Crippen molar-refractivity contribution in [3.05, 3.63) is 72.3 Å². The molecule has 1 atom stereocenters. The number of benzene rings is 3. The molecule has 5 nitrogen and oxygen atoms in total. The average molecular weight is 455 g/mol. The van der Waals surface area contributed by atoms with Gasteiger partial charge in [0.15, 0.2) is 0 Å². The Bertz CT molecular complexity index is 1080. The molecule has 0 aliphatic carbocycles. The summed E-state index contributed by atoms with van der Waals surface area (Å²) < 4.78 is 21.5. The Hall–Kier alpha value is -2.30. The zero-order chi connectivity index (χ0) is 23.0. The number of hydrogen-bond acceptors (Lipinski definition) is 4. The Balaban J connectivity index is 1.57. The molecule has 3 rings (SSSR count). The first-order valence-electron chi connectivity index (χ1n) is 11.1. The monoisotopic (exact) mass is 454 g/mol. The van der Waals surface area contributed by atoms with E-state index in [9.17, 15) is 14.3 Å². The third kappa shape index (κ3) is 7.11. The number of carbonyl (C=O) groups excluding carboxylic acids is 1. The molecule has 3 aromatic carbocycles. The van der Waals surface area contributed by atoms with Crippen LogP contribution in [0.1, 0.15) is 45.1 Å². The van der Waals surface area contributed by atoms with Crippen LogP contribution in [0.5, 0.6) is 0 Å². The summed E-state index contributed by atoms with van der Waals surface area (Å²) in [5.41, 5.74) is 3.27. The predicted octanol–water partition coefficient (Wildman–Crippen LogP) is 6.72. The molecule has 0 aliphatic heterocycles. The number of carbonyl (C=O) groups is 1. The van der Waals surface area contributed by atoms with Crippen LogP contribution in [0.3, 0.4) is 0 Å². The van der Waals surface area contributed by atoms with E-state index in [1.165, 1.54) is 0 Å². The number of phosphoric acid groups is 1. The van der Waals surface area contributed by atoms with Gasteiger partial charge in [0.25, 0.3) is 0 Å². The van der Waals surface area contributed by atoms with Crippen molar-refractivity contribution in [1.82, 2.24) is 0 Å². The van der Waals surface area contributed by atoms with E-state index in [2.05, 4.69) is 36.4 Å². The van der Waals surface area contributed by atoms with Gasteiger partial charge in [0.2, 0.25) is 0 Å². The van der Waals surface area contributed by atoms with Gasteiger partial charge in [-0.25, -0.2) is 4.57 Å². The highest BCUT2D eigenvalue weighted by Gasteiger charge is 2.22. The molecule has 3 aromatic rings. The lowest BCUT2D eigenvalue weighted by Crippen LogP contribution is -2.05. The Kier molecular flexibility index (Phi) is 8.77. The summed E-state index contributed by atoms with van der Waals surface area (Å²) in [5.74, 6) is 0.189. The van der Waals surface area contributed by atoms with Gasteiger partial charge in [0.05, 0.1) is 12.7 Å². The SMILES string of the molecule is CC(C)OP(=O)(O)OCCCCCC(=O)Cc1ccc2ccccc2c1-c1ccccc1. The van der Waals surface area contributed by atoms with E-state index in [1.54, 1.807) is 13.8 Å². The highest BCUT2D eigenvalue weighted by atomic mass is 31.2. The topological polar surface area (TPSA) is 72.8 Å². The summed E-state index contributed by atoms with van der Waals surface area (Å²) in [5, 5.41) is 2.31. The largest absolute Gasteiger partial charge is 0.472 e. The summed E-state index contributed by atoms with van der Waals surface area (Å²) in [7, 11) is -3.98. The van der Waals surface area contributed by atoms with Crippen LogP contribution in [-0.2, 0) is 24.8 Å². The molecule has 1 unspecified atom stereocenters. The molecule has 0 amide bonds. The summed E-state index contributed by atoms with van der Waals surface area (Å²) in [6.07, 6.45) is 2.55. The van der Waals surface area contributed by atoms with Crippen LogP contribution in [0.4, 0.5) is 0 Å². The second-order valence-electron chi connectivity index (χ2n) is 8.17. The molecule has 0 aromatic heterocycles. The molecular formula is C26H31O5P. The molecule has 0 bridgehead atoms. The molecule has 170 valence electrons. The summed E-state index contributed by atoms with van der Waals surface area (Å²) in [6, 6.07) is 22.6. The van der Waals surface area contributed by atoms with Crippen LogP contribution in [-0.4, -0.2) is 23.4 Å². The maximum Gasteiger partial charge on any atom is 0.472 e. The number of hydrogen-bond donors (Lipinski definition) is 1. The molecule has 6 heteroatoms. The fourth-order valence-electron chi connectivity index (χ4n) is 3.79. The molecule has 1 N–H and O–H groups in total.